The minimum absolute atomic E-state index is 2.22. The monoisotopic (exact) mass is 250 g/mol. The second-order valence-electron chi connectivity index (χ2n) is 2.29. The minimum Gasteiger partial charge on any atom is -0.309 e. The Balaban J connectivity index is 4.70. The van der Waals surface area contributed by atoms with Crippen LogP contribution in [0.25, 0.3) is 0 Å². The van der Waals surface area contributed by atoms with Crippen molar-refractivity contribution in [3.8, 4) is 0 Å². The van der Waals surface area contributed by atoms with Crippen molar-refractivity contribution in [3.63, 3.8) is 0 Å². The molecule has 0 saturated heterocycles. The lowest BCUT2D eigenvalue weighted by molar-refractivity contribution is -0.426. The van der Waals surface area contributed by atoms with Gasteiger partial charge in [0.2, 0.25) is 0 Å². The maximum Gasteiger partial charge on any atom is 0.462 e. The molecule has 10 heteroatoms. The lowest BCUT2D eigenvalue weighted by atomic mass is 10.3. The second kappa shape index (κ2) is 4.06. The van der Waals surface area contributed by atoms with Crippen LogP contribution < -0.4 is 0 Å². The summed E-state index contributed by atoms with van der Waals surface area (Å²) >= 11 is 0. The van der Waals surface area contributed by atoms with Gasteiger partial charge in [0.25, 0.3) is 6.43 Å². The third kappa shape index (κ3) is 3.14. The van der Waals surface area contributed by atoms with E-state index in [2.05, 4.69) is 4.74 Å². The smallest absolute Gasteiger partial charge is 0.309 e. The van der Waals surface area contributed by atoms with Crippen molar-refractivity contribution >= 4 is 0 Å². The van der Waals surface area contributed by atoms with Gasteiger partial charge in [0.05, 0.1) is 0 Å². The van der Waals surface area contributed by atoms with Gasteiger partial charge in [-0.2, -0.15) is 30.7 Å². The lowest BCUT2D eigenvalue weighted by Gasteiger charge is -2.27. The van der Waals surface area contributed by atoms with Crippen molar-refractivity contribution in [2.24, 2.45) is 0 Å². The molecule has 92 valence electrons. The van der Waals surface area contributed by atoms with Crippen LogP contribution in [0, 0.1) is 0 Å². The van der Waals surface area contributed by atoms with Gasteiger partial charge >= 0.3 is 18.2 Å². The van der Waals surface area contributed by atoms with Gasteiger partial charge in [0.1, 0.15) is 6.61 Å². The van der Waals surface area contributed by atoms with E-state index in [-0.39, 0.29) is 0 Å². The number of rotatable bonds is 4. The molecule has 0 fully saturated rings. The van der Waals surface area contributed by atoms with Crippen LogP contribution in [0.2, 0.25) is 0 Å². The van der Waals surface area contributed by atoms with E-state index in [1.807, 2.05) is 0 Å². The topological polar surface area (TPSA) is 9.23 Å². The summed E-state index contributed by atoms with van der Waals surface area (Å²) in [6, 6.07) is 0. The molecule has 0 bridgehead atoms. The van der Waals surface area contributed by atoms with E-state index in [9.17, 15) is 39.5 Å². The van der Waals surface area contributed by atoms with E-state index in [0.29, 0.717) is 0 Å². The average molecular weight is 250 g/mol. The molecule has 15 heavy (non-hydrogen) atoms. The molecule has 0 aliphatic carbocycles. The zero-order chi connectivity index (χ0) is 12.5. The van der Waals surface area contributed by atoms with Crippen LogP contribution in [0.1, 0.15) is 0 Å². The summed E-state index contributed by atoms with van der Waals surface area (Å²) in [6.07, 6.45) is -16.2. The number of hydrogen-bond donors (Lipinski definition) is 0. The highest BCUT2D eigenvalue weighted by Gasteiger charge is 2.74. The number of halogens is 9. The molecular formula is C5H3F9O. The fraction of sp³-hybridized carbons (Fsp3) is 1.00. The predicted octanol–water partition coefficient (Wildman–Crippen LogP) is 3.06. The summed E-state index contributed by atoms with van der Waals surface area (Å²) in [6.45, 7) is -2.22. The second-order valence-corrected chi connectivity index (χ2v) is 2.29. The Labute approximate surface area is 76.8 Å². The Morgan fingerprint density at radius 2 is 1.27 bits per heavy atom. The van der Waals surface area contributed by atoms with Crippen LogP contribution in [-0.2, 0) is 4.74 Å². The molecule has 0 unspecified atom stereocenters. The van der Waals surface area contributed by atoms with E-state index in [0.717, 1.165) is 0 Å². The molecule has 0 aliphatic rings. The maximum absolute atomic E-state index is 12.0. The lowest BCUT2D eigenvalue weighted by Crippen LogP contribution is -2.53. The molecule has 1 nitrogen and oxygen atoms in total. The SMILES string of the molecule is FC(F)COC(F)(F)C(F)(F)C(F)(F)F. The van der Waals surface area contributed by atoms with Gasteiger partial charge in [-0.3, -0.25) is 0 Å². The summed E-state index contributed by atoms with van der Waals surface area (Å²) < 4.78 is 107. The zero-order valence-corrected chi connectivity index (χ0v) is 6.59. The van der Waals surface area contributed by atoms with E-state index < -0.39 is 31.2 Å². The van der Waals surface area contributed by atoms with Gasteiger partial charge in [-0.15, -0.1) is 0 Å². The van der Waals surface area contributed by atoms with Gasteiger partial charge in [0, 0.05) is 0 Å². The number of alkyl halides is 9. The number of ether oxygens (including phenoxy) is 1. The highest BCUT2D eigenvalue weighted by atomic mass is 19.4. The quantitative estimate of drug-likeness (QED) is 0.697. The molecule has 0 saturated carbocycles. The Bertz CT molecular complexity index is 207. The van der Waals surface area contributed by atoms with Gasteiger partial charge in [-0.1, -0.05) is 0 Å². The van der Waals surface area contributed by atoms with Crippen LogP contribution in [0.4, 0.5) is 39.5 Å². The summed E-state index contributed by atoms with van der Waals surface area (Å²) in [4.78, 5) is 0. The van der Waals surface area contributed by atoms with Crippen molar-refractivity contribution in [2.75, 3.05) is 6.61 Å². The Morgan fingerprint density at radius 1 is 0.867 bits per heavy atom. The summed E-state index contributed by atoms with van der Waals surface area (Å²) in [5.74, 6) is -6.52. The molecule has 0 rings (SSSR count). The number of hydrogen-bond acceptors (Lipinski definition) is 1. The van der Waals surface area contributed by atoms with Gasteiger partial charge in [-0.25, -0.2) is 8.78 Å². The van der Waals surface area contributed by atoms with Crippen LogP contribution in [0.15, 0.2) is 0 Å². The summed E-state index contributed by atoms with van der Waals surface area (Å²) in [5, 5.41) is 0. The zero-order valence-electron chi connectivity index (χ0n) is 6.59. The van der Waals surface area contributed by atoms with E-state index in [4.69, 9.17) is 0 Å². The first-order chi connectivity index (χ1) is 6.42. The molecule has 0 aliphatic heterocycles. The molecule has 0 heterocycles. The van der Waals surface area contributed by atoms with Gasteiger partial charge < -0.3 is 4.74 Å². The van der Waals surface area contributed by atoms with Gasteiger partial charge in [-0.05, 0) is 0 Å². The maximum atomic E-state index is 12.0. The minimum atomic E-state index is -6.58. The molecule has 0 aromatic heterocycles. The molecule has 0 aromatic rings. The van der Waals surface area contributed by atoms with Crippen molar-refractivity contribution in [1.29, 1.82) is 0 Å². The van der Waals surface area contributed by atoms with E-state index >= 15 is 0 Å². The largest absolute Gasteiger partial charge is 0.462 e. The van der Waals surface area contributed by atoms with Crippen molar-refractivity contribution in [3.05, 3.63) is 0 Å². The normalized spacial score (nSPS) is 14.8. The summed E-state index contributed by atoms with van der Waals surface area (Å²) in [5.41, 5.74) is 0. The first kappa shape index (κ1) is 14.3. The molecule has 0 N–H and O–H groups in total. The van der Waals surface area contributed by atoms with Crippen LogP contribution in [0.3, 0.4) is 0 Å². The molecule has 0 amide bonds. The molecular weight excluding hydrogens is 247 g/mol. The van der Waals surface area contributed by atoms with Crippen molar-refractivity contribution in [1.82, 2.24) is 0 Å². The first-order valence-electron chi connectivity index (χ1n) is 3.16. The van der Waals surface area contributed by atoms with E-state index in [1.165, 1.54) is 0 Å². The van der Waals surface area contributed by atoms with Gasteiger partial charge in [0.15, 0.2) is 0 Å². The Kier molecular flexibility index (Phi) is 3.88. The first-order valence-corrected chi connectivity index (χ1v) is 3.16. The van der Waals surface area contributed by atoms with Crippen LogP contribution in [0.5, 0.6) is 0 Å². The third-order valence-electron chi connectivity index (χ3n) is 1.11. The van der Waals surface area contributed by atoms with Crippen LogP contribution >= 0.6 is 0 Å². The Hall–Kier alpha value is -0.670. The fourth-order valence-electron chi connectivity index (χ4n) is 0.423. The fourth-order valence-corrected chi connectivity index (χ4v) is 0.423. The highest BCUT2D eigenvalue weighted by Crippen LogP contribution is 2.46. The predicted molar refractivity (Wildman–Crippen MR) is 27.9 cm³/mol. The van der Waals surface area contributed by atoms with E-state index in [1.54, 1.807) is 0 Å². The van der Waals surface area contributed by atoms with Crippen molar-refractivity contribution in [2.45, 2.75) is 24.6 Å². The molecule has 0 atom stereocenters. The average Bonchev–Trinajstić information content (AvgIpc) is 1.98. The summed E-state index contributed by atoms with van der Waals surface area (Å²) in [7, 11) is 0. The Morgan fingerprint density at radius 3 is 1.53 bits per heavy atom. The van der Waals surface area contributed by atoms with Crippen molar-refractivity contribution < 1.29 is 44.3 Å². The molecule has 0 spiro atoms. The third-order valence-corrected chi connectivity index (χ3v) is 1.11. The molecule has 0 radical (unpaired) electrons. The molecule has 0 aromatic carbocycles. The standard InChI is InChI=1S/C5H3F9O/c6-2(7)1-15-5(13,14)3(8,9)4(10,11)12/h2H,1H2. The highest BCUT2D eigenvalue weighted by molar-refractivity contribution is 4.84. The van der Waals surface area contributed by atoms with Crippen LogP contribution in [-0.4, -0.2) is 31.2 Å².